The van der Waals surface area contributed by atoms with Crippen LogP contribution in [-0.4, -0.2) is 26.7 Å². The van der Waals surface area contributed by atoms with Crippen molar-refractivity contribution in [1.29, 1.82) is 0 Å². The van der Waals surface area contributed by atoms with Gasteiger partial charge in [-0.1, -0.05) is 0 Å². The summed E-state index contributed by atoms with van der Waals surface area (Å²) in [6.45, 7) is 0.426. The summed E-state index contributed by atoms with van der Waals surface area (Å²) in [5, 5.41) is 0. The van der Waals surface area contributed by atoms with E-state index in [4.69, 9.17) is 0 Å². The normalized spacial score (nSPS) is 9.11. The molecule has 4 nitrogen and oxygen atoms in total. The molecule has 0 spiro atoms. The number of carbonyl (C=O) groups is 1. The van der Waals surface area contributed by atoms with E-state index in [-0.39, 0.29) is 5.91 Å². The molecule has 0 aliphatic carbocycles. The van der Waals surface area contributed by atoms with Crippen LogP contribution in [0.4, 0.5) is 0 Å². The minimum Gasteiger partial charge on any atom is -0.384 e. The predicted molar refractivity (Wildman–Crippen MR) is 31.6 cm³/mol. The zero-order chi connectivity index (χ0) is 7.11. The lowest BCUT2D eigenvalue weighted by Crippen LogP contribution is -2.22. The summed E-state index contributed by atoms with van der Waals surface area (Å²) < 4.78 is 4.64. The van der Waals surface area contributed by atoms with Crippen LogP contribution in [0.2, 0.25) is 0 Å². The summed E-state index contributed by atoms with van der Waals surface area (Å²) in [5.41, 5.74) is 2.16. The standard InChI is InChI=1S/C5H11NO3/c1-8-4-3-5(7)6-9-2/h3-4H2,1-2H3,(H,6,7). The molecule has 0 aliphatic heterocycles. The summed E-state index contributed by atoms with van der Waals surface area (Å²) in [6, 6.07) is 0. The first-order valence-electron chi connectivity index (χ1n) is 2.62. The number of nitrogens with one attached hydrogen (secondary N) is 1. The molecular weight excluding hydrogens is 122 g/mol. The average molecular weight is 133 g/mol. The van der Waals surface area contributed by atoms with Crippen LogP contribution >= 0.6 is 0 Å². The van der Waals surface area contributed by atoms with Crippen molar-refractivity contribution in [2.24, 2.45) is 0 Å². The maximum atomic E-state index is 10.5. The first-order valence-corrected chi connectivity index (χ1v) is 2.62. The number of methoxy groups -OCH3 is 1. The van der Waals surface area contributed by atoms with Gasteiger partial charge >= 0.3 is 0 Å². The van der Waals surface area contributed by atoms with E-state index in [1.54, 1.807) is 7.11 Å². The van der Waals surface area contributed by atoms with E-state index in [9.17, 15) is 4.79 Å². The molecule has 0 saturated heterocycles. The van der Waals surface area contributed by atoms with Gasteiger partial charge in [-0.3, -0.25) is 9.63 Å². The summed E-state index contributed by atoms with van der Waals surface area (Å²) in [7, 11) is 2.94. The Hall–Kier alpha value is -0.610. The number of amides is 1. The molecule has 0 saturated carbocycles. The van der Waals surface area contributed by atoms with E-state index >= 15 is 0 Å². The average Bonchev–Trinajstić information content (AvgIpc) is 1.85. The van der Waals surface area contributed by atoms with Crippen LogP contribution in [0.15, 0.2) is 0 Å². The SMILES string of the molecule is COCCC(=O)NOC. The first kappa shape index (κ1) is 8.39. The Morgan fingerprint density at radius 3 is 2.67 bits per heavy atom. The highest BCUT2D eigenvalue weighted by molar-refractivity contribution is 5.74. The topological polar surface area (TPSA) is 47.6 Å². The molecule has 0 atom stereocenters. The maximum Gasteiger partial charge on any atom is 0.245 e. The predicted octanol–water partition coefficient (Wildman–Crippen LogP) is -0.300. The fourth-order valence-electron chi connectivity index (χ4n) is 0.360. The molecule has 9 heavy (non-hydrogen) atoms. The Balaban J connectivity index is 3.06. The van der Waals surface area contributed by atoms with Crippen LogP contribution in [0, 0.1) is 0 Å². The highest BCUT2D eigenvalue weighted by Gasteiger charge is 1.96. The fourth-order valence-corrected chi connectivity index (χ4v) is 0.360. The van der Waals surface area contributed by atoms with Crippen molar-refractivity contribution in [3.8, 4) is 0 Å². The van der Waals surface area contributed by atoms with Crippen LogP contribution in [0.3, 0.4) is 0 Å². The molecule has 0 aliphatic rings. The number of rotatable bonds is 4. The van der Waals surface area contributed by atoms with Crippen LogP contribution < -0.4 is 5.48 Å². The molecule has 0 bridgehead atoms. The molecule has 1 amide bonds. The van der Waals surface area contributed by atoms with Crippen LogP contribution in [0.1, 0.15) is 6.42 Å². The quantitative estimate of drug-likeness (QED) is 0.535. The lowest BCUT2D eigenvalue weighted by molar-refractivity contribution is -0.132. The zero-order valence-electron chi connectivity index (χ0n) is 5.64. The van der Waals surface area contributed by atoms with Gasteiger partial charge in [-0.15, -0.1) is 0 Å². The molecule has 0 aromatic heterocycles. The Bertz CT molecular complexity index is 84.3. The highest BCUT2D eigenvalue weighted by atomic mass is 16.6. The van der Waals surface area contributed by atoms with Gasteiger partial charge in [-0.2, -0.15) is 0 Å². The molecule has 4 heteroatoms. The molecule has 1 N–H and O–H groups in total. The molecular formula is C5H11NO3. The van der Waals surface area contributed by atoms with Gasteiger partial charge < -0.3 is 4.74 Å². The van der Waals surface area contributed by atoms with Gasteiger partial charge in [0.05, 0.1) is 20.1 Å². The van der Waals surface area contributed by atoms with Crippen molar-refractivity contribution in [3.05, 3.63) is 0 Å². The number of carbonyl (C=O) groups excluding carboxylic acids is 1. The largest absolute Gasteiger partial charge is 0.384 e. The lowest BCUT2D eigenvalue weighted by atomic mass is 10.4. The highest BCUT2D eigenvalue weighted by Crippen LogP contribution is 1.78. The van der Waals surface area contributed by atoms with E-state index in [0.717, 1.165) is 0 Å². The van der Waals surface area contributed by atoms with Gasteiger partial charge in [0.2, 0.25) is 5.91 Å². The van der Waals surface area contributed by atoms with E-state index in [1.807, 2.05) is 0 Å². The minimum atomic E-state index is -0.167. The number of hydrogen-bond donors (Lipinski definition) is 1. The number of hydroxylamine groups is 1. The third kappa shape index (κ3) is 5.26. The molecule has 0 fully saturated rings. The second-order valence-electron chi connectivity index (χ2n) is 1.47. The van der Waals surface area contributed by atoms with Crippen molar-refractivity contribution in [3.63, 3.8) is 0 Å². The summed E-state index contributed by atoms with van der Waals surface area (Å²) >= 11 is 0. The Morgan fingerprint density at radius 2 is 2.22 bits per heavy atom. The van der Waals surface area contributed by atoms with Crippen LogP contribution in [0.5, 0.6) is 0 Å². The van der Waals surface area contributed by atoms with Crippen molar-refractivity contribution in [1.82, 2.24) is 5.48 Å². The molecule has 0 heterocycles. The van der Waals surface area contributed by atoms with Crippen molar-refractivity contribution < 1.29 is 14.4 Å². The smallest absolute Gasteiger partial charge is 0.245 e. The molecule has 0 radical (unpaired) electrons. The maximum absolute atomic E-state index is 10.5. The molecule has 0 rings (SSSR count). The van der Waals surface area contributed by atoms with Crippen LogP contribution in [0.25, 0.3) is 0 Å². The molecule has 0 aromatic carbocycles. The van der Waals surface area contributed by atoms with Gasteiger partial charge in [0.15, 0.2) is 0 Å². The summed E-state index contributed by atoms with van der Waals surface area (Å²) in [6.07, 6.45) is 0.338. The Labute approximate surface area is 54.1 Å². The van der Waals surface area contributed by atoms with E-state index in [0.29, 0.717) is 13.0 Å². The van der Waals surface area contributed by atoms with Gasteiger partial charge in [0, 0.05) is 7.11 Å². The van der Waals surface area contributed by atoms with Gasteiger partial charge in [0.25, 0.3) is 0 Å². The third-order valence-electron chi connectivity index (χ3n) is 0.749. The van der Waals surface area contributed by atoms with Gasteiger partial charge in [0.1, 0.15) is 0 Å². The second kappa shape index (κ2) is 5.53. The van der Waals surface area contributed by atoms with E-state index in [2.05, 4.69) is 15.1 Å². The summed E-state index contributed by atoms with van der Waals surface area (Å²) in [5.74, 6) is -0.167. The van der Waals surface area contributed by atoms with Gasteiger partial charge in [-0.25, -0.2) is 5.48 Å². The fraction of sp³-hybridized carbons (Fsp3) is 0.800. The lowest BCUT2D eigenvalue weighted by Gasteiger charge is -1.98. The molecule has 54 valence electrons. The Kier molecular flexibility index (Phi) is 5.15. The van der Waals surface area contributed by atoms with E-state index in [1.165, 1.54) is 7.11 Å². The number of hydrogen-bond acceptors (Lipinski definition) is 3. The van der Waals surface area contributed by atoms with Crippen LogP contribution in [-0.2, 0) is 14.4 Å². The van der Waals surface area contributed by atoms with Crippen molar-refractivity contribution in [2.45, 2.75) is 6.42 Å². The minimum absolute atomic E-state index is 0.167. The van der Waals surface area contributed by atoms with E-state index < -0.39 is 0 Å². The summed E-state index contributed by atoms with van der Waals surface area (Å²) in [4.78, 5) is 14.8. The second-order valence-corrected chi connectivity index (χ2v) is 1.47. The van der Waals surface area contributed by atoms with Gasteiger partial charge in [-0.05, 0) is 0 Å². The zero-order valence-corrected chi connectivity index (χ0v) is 5.64. The molecule has 0 aromatic rings. The Morgan fingerprint density at radius 1 is 1.56 bits per heavy atom. The first-order chi connectivity index (χ1) is 4.31. The number of ether oxygens (including phenoxy) is 1. The molecule has 0 unspecified atom stereocenters. The van der Waals surface area contributed by atoms with Crippen molar-refractivity contribution in [2.75, 3.05) is 20.8 Å². The third-order valence-corrected chi connectivity index (χ3v) is 0.749. The monoisotopic (exact) mass is 133 g/mol. The van der Waals surface area contributed by atoms with Crippen molar-refractivity contribution >= 4 is 5.91 Å².